The fourth-order valence-corrected chi connectivity index (χ4v) is 3.66. The maximum Gasteiger partial charge on any atom is 0.268 e. The number of rotatable bonds is 1. The SMILES string of the molecule is O=c1c(O)c(-c2cc3c4c(c2O)CCCN4CCC3)c1=O. The van der Waals surface area contributed by atoms with Gasteiger partial charge >= 0.3 is 0 Å². The highest BCUT2D eigenvalue weighted by Gasteiger charge is 2.31. The monoisotopic (exact) mass is 285 g/mol. The summed E-state index contributed by atoms with van der Waals surface area (Å²) in [5, 5.41) is 20.2. The zero-order valence-corrected chi connectivity index (χ0v) is 11.5. The van der Waals surface area contributed by atoms with Gasteiger partial charge in [-0.05, 0) is 37.3 Å². The van der Waals surface area contributed by atoms with E-state index in [9.17, 15) is 19.8 Å². The van der Waals surface area contributed by atoms with Crippen LogP contribution in [0.3, 0.4) is 0 Å². The molecule has 0 bridgehead atoms. The van der Waals surface area contributed by atoms with Gasteiger partial charge in [-0.25, -0.2) is 0 Å². The van der Waals surface area contributed by atoms with Crippen LogP contribution in [-0.4, -0.2) is 23.3 Å². The molecule has 21 heavy (non-hydrogen) atoms. The molecule has 0 amide bonds. The summed E-state index contributed by atoms with van der Waals surface area (Å²) < 4.78 is 0. The van der Waals surface area contributed by atoms with Gasteiger partial charge in [0.2, 0.25) is 5.43 Å². The maximum absolute atomic E-state index is 11.7. The van der Waals surface area contributed by atoms with Crippen LogP contribution < -0.4 is 15.8 Å². The molecular formula is C16H15NO4. The summed E-state index contributed by atoms with van der Waals surface area (Å²) in [4.78, 5) is 25.2. The molecule has 0 radical (unpaired) electrons. The van der Waals surface area contributed by atoms with Crippen LogP contribution in [0.2, 0.25) is 0 Å². The van der Waals surface area contributed by atoms with Gasteiger partial charge < -0.3 is 15.1 Å². The fourth-order valence-electron chi connectivity index (χ4n) is 3.66. The summed E-state index contributed by atoms with van der Waals surface area (Å²) in [5.74, 6) is -0.478. The van der Waals surface area contributed by atoms with Crippen LogP contribution in [0.5, 0.6) is 11.5 Å². The van der Waals surface area contributed by atoms with Crippen molar-refractivity contribution in [2.75, 3.05) is 18.0 Å². The molecule has 2 aromatic rings. The number of hydrogen-bond donors (Lipinski definition) is 2. The first kappa shape index (κ1) is 12.4. The van der Waals surface area contributed by atoms with Crippen molar-refractivity contribution < 1.29 is 10.2 Å². The first-order valence-corrected chi connectivity index (χ1v) is 7.25. The van der Waals surface area contributed by atoms with E-state index in [2.05, 4.69) is 4.90 Å². The molecule has 0 unspecified atom stereocenters. The van der Waals surface area contributed by atoms with Gasteiger partial charge in [-0.15, -0.1) is 0 Å². The predicted molar refractivity (Wildman–Crippen MR) is 79.0 cm³/mol. The molecule has 2 N–H and O–H groups in total. The molecular weight excluding hydrogens is 270 g/mol. The minimum atomic E-state index is -0.864. The summed E-state index contributed by atoms with van der Waals surface area (Å²) in [6, 6.07) is 1.77. The number of aryl methyl sites for hydroxylation is 1. The fraction of sp³-hybridized carbons (Fsp3) is 0.375. The molecule has 0 spiro atoms. The molecule has 2 aliphatic rings. The Balaban J connectivity index is 1.99. The molecule has 5 nitrogen and oxygen atoms in total. The number of aromatic hydroxyl groups is 2. The van der Waals surface area contributed by atoms with Crippen LogP contribution in [0.15, 0.2) is 15.7 Å². The molecule has 0 aliphatic carbocycles. The lowest BCUT2D eigenvalue weighted by Gasteiger charge is -2.37. The summed E-state index contributed by atoms with van der Waals surface area (Å²) in [5.41, 5.74) is 1.74. The summed E-state index contributed by atoms with van der Waals surface area (Å²) in [6.07, 6.45) is 3.65. The molecule has 0 saturated carbocycles. The van der Waals surface area contributed by atoms with Crippen molar-refractivity contribution in [1.82, 2.24) is 0 Å². The highest BCUT2D eigenvalue weighted by molar-refractivity contribution is 5.84. The molecule has 4 rings (SSSR count). The van der Waals surface area contributed by atoms with E-state index in [0.717, 1.165) is 55.6 Å². The molecule has 5 heteroatoms. The molecule has 0 aromatic heterocycles. The van der Waals surface area contributed by atoms with Gasteiger partial charge in [0.15, 0.2) is 5.75 Å². The lowest BCUT2D eigenvalue weighted by Crippen LogP contribution is -2.35. The van der Waals surface area contributed by atoms with Gasteiger partial charge in [-0.2, -0.15) is 0 Å². The Kier molecular flexibility index (Phi) is 2.43. The quantitative estimate of drug-likeness (QED) is 0.766. The molecule has 2 aromatic carbocycles. The number of phenols is 1. The van der Waals surface area contributed by atoms with Crippen molar-refractivity contribution in [1.29, 1.82) is 0 Å². The highest BCUT2D eigenvalue weighted by atomic mass is 16.3. The highest BCUT2D eigenvalue weighted by Crippen LogP contribution is 2.45. The summed E-state index contributed by atoms with van der Waals surface area (Å²) >= 11 is 0. The van der Waals surface area contributed by atoms with Gasteiger partial charge in [0, 0.05) is 29.9 Å². The van der Waals surface area contributed by atoms with Crippen molar-refractivity contribution in [3.05, 3.63) is 37.6 Å². The van der Waals surface area contributed by atoms with Crippen LogP contribution >= 0.6 is 0 Å². The Hall–Kier alpha value is -2.30. The average molecular weight is 285 g/mol. The smallest absolute Gasteiger partial charge is 0.268 e. The second-order valence-electron chi connectivity index (χ2n) is 5.84. The van der Waals surface area contributed by atoms with E-state index in [-0.39, 0.29) is 11.3 Å². The van der Waals surface area contributed by atoms with Gasteiger partial charge in [-0.3, -0.25) is 9.59 Å². The van der Waals surface area contributed by atoms with E-state index < -0.39 is 16.6 Å². The van der Waals surface area contributed by atoms with E-state index >= 15 is 0 Å². The van der Waals surface area contributed by atoms with Crippen molar-refractivity contribution in [2.24, 2.45) is 0 Å². The second-order valence-corrected chi connectivity index (χ2v) is 5.84. The molecule has 0 saturated heterocycles. The third-order valence-corrected chi connectivity index (χ3v) is 4.65. The molecule has 2 heterocycles. The van der Waals surface area contributed by atoms with Crippen molar-refractivity contribution >= 4 is 5.69 Å². The van der Waals surface area contributed by atoms with E-state index in [0.29, 0.717) is 5.56 Å². The van der Waals surface area contributed by atoms with Gasteiger partial charge in [0.25, 0.3) is 5.43 Å². The van der Waals surface area contributed by atoms with Crippen molar-refractivity contribution in [2.45, 2.75) is 25.7 Å². The lowest BCUT2D eigenvalue weighted by molar-refractivity contribution is 0.455. The largest absolute Gasteiger partial charge is 0.507 e. The predicted octanol–water partition coefficient (Wildman–Crippen LogP) is 1.06. The van der Waals surface area contributed by atoms with Crippen LogP contribution in [0, 0.1) is 0 Å². The van der Waals surface area contributed by atoms with E-state index in [1.165, 1.54) is 0 Å². The zero-order chi connectivity index (χ0) is 14.7. The standard InChI is InChI=1S/C16H15NO4/c18-13-9-4-2-6-17-5-1-3-8(12(9)17)7-10(13)11-14(19)16(21)15(11)20/h7,18-19H,1-6H2. The molecule has 0 atom stereocenters. The van der Waals surface area contributed by atoms with Gasteiger partial charge in [-0.1, -0.05) is 0 Å². The Bertz CT molecular complexity index is 828. The minimum absolute atomic E-state index is 0.0285. The molecule has 108 valence electrons. The number of benzene rings is 1. The second kappa shape index (κ2) is 4.10. The normalized spacial score (nSPS) is 17.0. The first-order chi connectivity index (χ1) is 10.1. The Morgan fingerprint density at radius 2 is 1.67 bits per heavy atom. The number of phenolic OH excluding ortho intramolecular Hbond substituents is 1. The van der Waals surface area contributed by atoms with E-state index in [1.807, 2.05) is 0 Å². The topological polar surface area (TPSA) is 77.8 Å². The lowest BCUT2D eigenvalue weighted by atomic mass is 9.86. The van der Waals surface area contributed by atoms with Gasteiger partial charge in [0.1, 0.15) is 5.75 Å². The third kappa shape index (κ3) is 1.51. The summed E-state index contributed by atoms with van der Waals surface area (Å²) in [7, 11) is 0. The van der Waals surface area contributed by atoms with Crippen LogP contribution in [-0.2, 0) is 12.8 Å². The van der Waals surface area contributed by atoms with Crippen LogP contribution in [0.1, 0.15) is 24.0 Å². The maximum atomic E-state index is 11.7. The van der Waals surface area contributed by atoms with Crippen LogP contribution in [0.25, 0.3) is 11.1 Å². The van der Waals surface area contributed by atoms with Gasteiger partial charge in [0.05, 0.1) is 5.56 Å². The van der Waals surface area contributed by atoms with Crippen molar-refractivity contribution in [3.8, 4) is 22.6 Å². The van der Waals surface area contributed by atoms with Crippen LogP contribution in [0.4, 0.5) is 5.69 Å². The zero-order valence-electron chi connectivity index (χ0n) is 11.5. The van der Waals surface area contributed by atoms with Crippen molar-refractivity contribution in [3.63, 3.8) is 0 Å². The molecule has 2 aliphatic heterocycles. The Morgan fingerprint density at radius 1 is 0.952 bits per heavy atom. The Morgan fingerprint density at radius 3 is 2.38 bits per heavy atom. The number of nitrogens with zero attached hydrogens (tertiary/aromatic N) is 1. The number of anilines is 1. The summed E-state index contributed by atoms with van der Waals surface area (Å²) in [6.45, 7) is 1.98. The average Bonchev–Trinajstić information content (AvgIpc) is 2.52. The number of hydrogen-bond acceptors (Lipinski definition) is 5. The Labute approximate surface area is 120 Å². The third-order valence-electron chi connectivity index (χ3n) is 4.65. The van der Waals surface area contributed by atoms with E-state index in [1.54, 1.807) is 6.07 Å². The first-order valence-electron chi connectivity index (χ1n) is 7.25. The minimum Gasteiger partial charge on any atom is -0.507 e. The van der Waals surface area contributed by atoms with E-state index in [4.69, 9.17) is 0 Å². The molecule has 0 fully saturated rings.